The highest BCUT2D eigenvalue weighted by atomic mass is 32.2. The minimum absolute atomic E-state index is 0.0451. The Morgan fingerprint density at radius 2 is 2.28 bits per heavy atom. The minimum Gasteiger partial charge on any atom is -0.381 e. The summed E-state index contributed by atoms with van der Waals surface area (Å²) in [5.41, 5.74) is 6.37. The van der Waals surface area contributed by atoms with E-state index in [1.165, 1.54) is 10.9 Å². The Morgan fingerprint density at radius 1 is 1.56 bits per heavy atom. The Morgan fingerprint density at radius 3 is 2.78 bits per heavy atom. The summed E-state index contributed by atoms with van der Waals surface area (Å²) < 4.78 is 27.7. The highest BCUT2D eigenvalue weighted by Gasteiger charge is 2.21. The minimum atomic E-state index is -3.76. The number of nitrogens with two attached hydrogens (primary N) is 1. The number of anilines is 2. The number of hydrogen-bond donors (Lipinski definition) is 3. The molecule has 0 spiro atoms. The highest BCUT2D eigenvalue weighted by molar-refractivity contribution is 7.92. The summed E-state index contributed by atoms with van der Waals surface area (Å²) >= 11 is 0. The topological polar surface area (TPSA) is 119 Å². The molecule has 2 aromatic heterocycles. The maximum absolute atomic E-state index is 12.0. The van der Waals surface area contributed by atoms with Crippen LogP contribution in [0.25, 0.3) is 0 Å². The van der Waals surface area contributed by atoms with Crippen molar-refractivity contribution >= 4 is 21.7 Å². The van der Waals surface area contributed by atoms with E-state index in [0.29, 0.717) is 0 Å². The number of sulfonamides is 1. The lowest BCUT2D eigenvalue weighted by Gasteiger charge is -2.02. The third-order valence-corrected chi connectivity index (χ3v) is 3.73. The number of aryl methyl sites for hydroxylation is 2. The summed E-state index contributed by atoms with van der Waals surface area (Å²) in [5.74, 6) is 0.186. The van der Waals surface area contributed by atoms with Gasteiger partial charge in [0, 0.05) is 25.0 Å². The zero-order valence-corrected chi connectivity index (χ0v) is 10.8. The zero-order chi connectivity index (χ0) is 13.3. The van der Waals surface area contributed by atoms with E-state index in [-0.39, 0.29) is 16.5 Å². The van der Waals surface area contributed by atoms with Gasteiger partial charge in [-0.2, -0.15) is 10.2 Å². The van der Waals surface area contributed by atoms with Crippen LogP contribution in [0.1, 0.15) is 12.6 Å². The lowest BCUT2D eigenvalue weighted by atomic mass is 10.3. The van der Waals surface area contributed by atoms with E-state index in [2.05, 4.69) is 20.0 Å². The van der Waals surface area contributed by atoms with E-state index in [9.17, 15) is 8.42 Å². The van der Waals surface area contributed by atoms with Crippen LogP contribution in [0.2, 0.25) is 0 Å². The van der Waals surface area contributed by atoms with Crippen LogP contribution in [-0.2, 0) is 23.5 Å². The molecule has 2 aromatic rings. The average molecular weight is 270 g/mol. The quantitative estimate of drug-likeness (QED) is 0.727. The summed E-state index contributed by atoms with van der Waals surface area (Å²) in [6.07, 6.45) is 2.08. The van der Waals surface area contributed by atoms with Crippen molar-refractivity contribution in [3.8, 4) is 0 Å². The van der Waals surface area contributed by atoms with Crippen LogP contribution in [0.4, 0.5) is 11.6 Å². The Balaban J connectivity index is 2.29. The summed E-state index contributed by atoms with van der Waals surface area (Å²) in [7, 11) is -2.16. The van der Waals surface area contributed by atoms with Gasteiger partial charge in [0.25, 0.3) is 10.0 Å². The van der Waals surface area contributed by atoms with Crippen molar-refractivity contribution in [1.82, 2.24) is 20.0 Å². The number of rotatable bonds is 4. The van der Waals surface area contributed by atoms with Crippen molar-refractivity contribution in [2.24, 2.45) is 7.05 Å². The molecule has 2 rings (SSSR count). The Hall–Kier alpha value is -2.03. The summed E-state index contributed by atoms with van der Waals surface area (Å²) in [5, 5.41) is 10.4. The molecule has 0 radical (unpaired) electrons. The van der Waals surface area contributed by atoms with Crippen molar-refractivity contribution in [1.29, 1.82) is 0 Å². The summed E-state index contributed by atoms with van der Waals surface area (Å²) in [4.78, 5) is -0.0638. The van der Waals surface area contributed by atoms with Crippen LogP contribution in [0, 0.1) is 0 Å². The smallest absolute Gasteiger partial charge is 0.268 e. The fraction of sp³-hybridized carbons (Fsp3) is 0.333. The number of nitrogens with one attached hydrogen (secondary N) is 2. The van der Waals surface area contributed by atoms with Gasteiger partial charge in [0.1, 0.15) is 4.90 Å². The van der Waals surface area contributed by atoms with Crippen molar-refractivity contribution in [2.45, 2.75) is 18.2 Å². The summed E-state index contributed by atoms with van der Waals surface area (Å²) in [6.45, 7) is 1.94. The molecule has 4 N–H and O–H groups in total. The Kier molecular flexibility index (Phi) is 2.99. The second-order valence-electron chi connectivity index (χ2n) is 3.79. The molecule has 0 atom stereocenters. The molecule has 9 heteroatoms. The van der Waals surface area contributed by atoms with Crippen molar-refractivity contribution in [3.05, 3.63) is 18.0 Å². The van der Waals surface area contributed by atoms with E-state index >= 15 is 0 Å². The normalized spacial score (nSPS) is 11.7. The van der Waals surface area contributed by atoms with Gasteiger partial charge >= 0.3 is 0 Å². The molecule has 98 valence electrons. The van der Waals surface area contributed by atoms with Crippen LogP contribution in [-0.4, -0.2) is 28.4 Å². The number of H-pyrrole nitrogens is 1. The molecule has 18 heavy (non-hydrogen) atoms. The Bertz CT molecular complexity index is 656. The fourth-order valence-corrected chi connectivity index (χ4v) is 2.58. The van der Waals surface area contributed by atoms with Gasteiger partial charge in [0.15, 0.2) is 11.6 Å². The first-order chi connectivity index (χ1) is 8.42. The standard InChI is InChI=1S/C9H14N6O2S/c1-3-6-4-8(12-11-6)14-18(16,17)7-5-15(2)13-9(7)10/h4-5H,3H2,1-2H3,(H2,10,13)(H2,11,12,14). The predicted molar refractivity (Wildman–Crippen MR) is 66.4 cm³/mol. The molecular formula is C9H14N6O2S. The largest absolute Gasteiger partial charge is 0.381 e. The molecule has 0 aromatic carbocycles. The number of aromatic nitrogens is 4. The average Bonchev–Trinajstić information content (AvgIpc) is 2.84. The molecule has 0 aliphatic carbocycles. The second kappa shape index (κ2) is 4.33. The third-order valence-electron chi connectivity index (χ3n) is 2.36. The highest BCUT2D eigenvalue weighted by Crippen LogP contribution is 2.19. The maximum Gasteiger partial charge on any atom is 0.268 e. The molecular weight excluding hydrogens is 256 g/mol. The van der Waals surface area contributed by atoms with Gasteiger partial charge in [-0.25, -0.2) is 8.42 Å². The molecule has 0 bridgehead atoms. The third kappa shape index (κ3) is 2.30. The first-order valence-electron chi connectivity index (χ1n) is 5.28. The summed E-state index contributed by atoms with van der Waals surface area (Å²) in [6, 6.07) is 1.63. The number of hydrogen-bond acceptors (Lipinski definition) is 5. The van der Waals surface area contributed by atoms with Crippen molar-refractivity contribution in [2.75, 3.05) is 10.5 Å². The van der Waals surface area contributed by atoms with E-state index in [1.807, 2.05) is 6.92 Å². The van der Waals surface area contributed by atoms with Gasteiger partial charge in [-0.05, 0) is 6.42 Å². The lowest BCUT2D eigenvalue weighted by Crippen LogP contribution is -2.14. The van der Waals surface area contributed by atoms with Gasteiger partial charge in [-0.1, -0.05) is 6.92 Å². The SMILES string of the molecule is CCc1cc(NS(=O)(=O)c2cn(C)nc2N)n[nH]1. The van der Waals surface area contributed by atoms with Crippen molar-refractivity contribution in [3.63, 3.8) is 0 Å². The predicted octanol–water partition coefficient (Wildman–Crippen LogP) is 0.0886. The molecule has 0 aliphatic rings. The van der Waals surface area contributed by atoms with Crippen LogP contribution in [0.5, 0.6) is 0 Å². The molecule has 2 heterocycles. The molecule has 0 fully saturated rings. The van der Waals surface area contributed by atoms with Gasteiger partial charge in [-0.15, -0.1) is 0 Å². The number of aromatic amines is 1. The fourth-order valence-electron chi connectivity index (χ4n) is 1.48. The van der Waals surface area contributed by atoms with E-state index in [4.69, 9.17) is 5.73 Å². The monoisotopic (exact) mass is 270 g/mol. The van der Waals surface area contributed by atoms with Gasteiger partial charge < -0.3 is 5.73 Å². The molecule has 8 nitrogen and oxygen atoms in total. The maximum atomic E-state index is 12.0. The van der Waals surface area contributed by atoms with E-state index in [0.717, 1.165) is 12.1 Å². The van der Waals surface area contributed by atoms with Gasteiger partial charge in [0.2, 0.25) is 0 Å². The van der Waals surface area contributed by atoms with E-state index < -0.39 is 10.0 Å². The molecule has 0 unspecified atom stereocenters. The molecule has 0 amide bonds. The Labute approximate surface area is 104 Å². The van der Waals surface area contributed by atoms with Crippen LogP contribution < -0.4 is 10.5 Å². The first kappa shape index (κ1) is 12.4. The first-order valence-corrected chi connectivity index (χ1v) is 6.77. The van der Waals surface area contributed by atoms with Gasteiger partial charge in [-0.3, -0.25) is 14.5 Å². The van der Waals surface area contributed by atoms with Crippen LogP contribution in [0.3, 0.4) is 0 Å². The number of nitrogens with zero attached hydrogens (tertiary/aromatic N) is 3. The van der Waals surface area contributed by atoms with Crippen LogP contribution >= 0.6 is 0 Å². The number of nitrogen functional groups attached to an aromatic ring is 1. The van der Waals surface area contributed by atoms with E-state index in [1.54, 1.807) is 13.1 Å². The zero-order valence-electron chi connectivity index (χ0n) is 10.0. The second-order valence-corrected chi connectivity index (χ2v) is 5.44. The molecule has 0 saturated carbocycles. The molecule has 0 saturated heterocycles. The van der Waals surface area contributed by atoms with Crippen molar-refractivity contribution < 1.29 is 8.42 Å². The van der Waals surface area contributed by atoms with Gasteiger partial charge in [0.05, 0.1) is 0 Å². The van der Waals surface area contributed by atoms with Crippen LogP contribution in [0.15, 0.2) is 17.2 Å². The molecule has 0 aliphatic heterocycles. The lowest BCUT2D eigenvalue weighted by molar-refractivity contribution is 0.601.